The number of nitrogens with zero attached hydrogens (tertiary/aromatic N) is 4. The summed E-state index contributed by atoms with van der Waals surface area (Å²) in [6, 6.07) is 0. The Morgan fingerprint density at radius 2 is 0.808 bits per heavy atom. The Kier molecular flexibility index (Phi) is 18.6. The Balaban J connectivity index is 0. The average molecular weight is 456 g/mol. The molecule has 0 amide bonds. The molecule has 0 atom stereocenters. The fraction of sp³-hybridized carbons (Fsp3) is 1.00. The van der Waals surface area contributed by atoms with E-state index >= 15 is 0 Å². The van der Waals surface area contributed by atoms with Crippen LogP contribution in [0.15, 0.2) is 0 Å². The van der Waals surface area contributed by atoms with Crippen LogP contribution in [0.2, 0.25) is 0 Å². The van der Waals surface area contributed by atoms with Gasteiger partial charge in [0.05, 0.1) is 0 Å². The van der Waals surface area contributed by atoms with Crippen LogP contribution in [0, 0.1) is 0 Å². The van der Waals surface area contributed by atoms with Gasteiger partial charge in [0.25, 0.3) is 0 Å². The molecule has 0 rings (SSSR count). The van der Waals surface area contributed by atoms with E-state index in [-0.39, 0.29) is 17.0 Å². The van der Waals surface area contributed by atoms with Crippen molar-refractivity contribution in [3.05, 3.63) is 0 Å². The maximum Gasteiger partial charge on any atom is 0.307 e. The number of hydrogen-bond acceptors (Lipinski definition) is 4. The molecule has 0 aromatic carbocycles. The van der Waals surface area contributed by atoms with Crippen LogP contribution in [0.5, 0.6) is 0 Å². The number of halogens is 1. The van der Waals surface area contributed by atoms with Crippen molar-refractivity contribution in [2.24, 2.45) is 0 Å². The van der Waals surface area contributed by atoms with E-state index in [1.807, 2.05) is 0 Å². The predicted octanol–water partition coefficient (Wildman–Crippen LogP) is 2.60. The molecule has 0 heterocycles. The molecule has 0 aromatic heterocycles. The summed E-state index contributed by atoms with van der Waals surface area (Å²) in [4.78, 5) is 0. The fourth-order valence-corrected chi connectivity index (χ4v) is 8.49. The van der Waals surface area contributed by atoms with Crippen LogP contribution in [-0.2, 0) is 0 Å². The SMILES string of the molecule is CCCCCCCN(CCCCCCC)[P+](N(C)C)(N(C)C)N(C)C.[Br-]. The summed E-state index contributed by atoms with van der Waals surface area (Å²) in [7, 11) is 12.0. The standard InChI is InChI=1S/C20H48N4P.BrH/c1-9-11-13-15-17-19-24(20-18-16-14-12-10-2)25(21(3)4,22(5)6)23(7)8;/h9-20H2,1-8H3;1H/q+1;/p-1. The van der Waals surface area contributed by atoms with E-state index in [0.717, 1.165) is 0 Å². The highest BCUT2D eigenvalue weighted by molar-refractivity contribution is 7.66. The van der Waals surface area contributed by atoms with E-state index in [0.29, 0.717) is 0 Å². The number of hydrogen-bond donors (Lipinski definition) is 0. The van der Waals surface area contributed by atoms with Gasteiger partial charge in [0.1, 0.15) is 0 Å². The summed E-state index contributed by atoms with van der Waals surface area (Å²) in [5.74, 6) is 0. The quantitative estimate of drug-likeness (QED) is 0.262. The first-order valence-electron chi connectivity index (χ1n) is 10.5. The van der Waals surface area contributed by atoms with E-state index in [4.69, 9.17) is 0 Å². The van der Waals surface area contributed by atoms with Crippen molar-refractivity contribution in [3.63, 3.8) is 0 Å². The molecule has 4 nitrogen and oxygen atoms in total. The third-order valence-electron chi connectivity index (χ3n) is 5.03. The van der Waals surface area contributed by atoms with Crippen molar-refractivity contribution < 1.29 is 17.0 Å². The number of unbranched alkanes of at least 4 members (excludes halogenated alkanes) is 8. The second-order valence-electron chi connectivity index (χ2n) is 7.86. The summed E-state index contributed by atoms with van der Waals surface area (Å²) in [6.07, 6.45) is 13.6. The van der Waals surface area contributed by atoms with Crippen LogP contribution in [-0.4, -0.2) is 74.1 Å². The minimum atomic E-state index is -1.60. The van der Waals surface area contributed by atoms with Gasteiger partial charge in [0.2, 0.25) is 0 Å². The Hall–Kier alpha value is 0.750. The first kappa shape index (κ1) is 29.0. The summed E-state index contributed by atoms with van der Waals surface area (Å²) in [5.41, 5.74) is 0. The lowest BCUT2D eigenvalue weighted by Crippen LogP contribution is -3.00. The molecule has 0 saturated heterocycles. The van der Waals surface area contributed by atoms with Gasteiger partial charge in [0, 0.05) is 55.4 Å². The minimum absolute atomic E-state index is 0. The maximum atomic E-state index is 2.81. The molecule has 0 aliphatic carbocycles. The molecule has 0 spiro atoms. The largest absolute Gasteiger partial charge is 1.00 e. The third-order valence-corrected chi connectivity index (χ3v) is 9.41. The summed E-state index contributed by atoms with van der Waals surface area (Å²) in [5, 5.41) is 0. The zero-order valence-corrected chi connectivity index (χ0v) is 21.6. The first-order valence-corrected chi connectivity index (χ1v) is 12.1. The zero-order valence-electron chi connectivity index (χ0n) is 19.1. The molecule has 0 fully saturated rings. The van der Waals surface area contributed by atoms with Crippen LogP contribution < -0.4 is 17.0 Å². The van der Waals surface area contributed by atoms with Gasteiger partial charge in [0.15, 0.2) is 0 Å². The van der Waals surface area contributed by atoms with E-state index in [1.54, 1.807) is 0 Å². The molecular weight excluding hydrogens is 407 g/mol. The van der Waals surface area contributed by atoms with Crippen molar-refractivity contribution >= 4 is 7.87 Å². The van der Waals surface area contributed by atoms with Crippen LogP contribution in [0.3, 0.4) is 0 Å². The Bertz CT molecular complexity index is 278. The molecule has 6 heteroatoms. The van der Waals surface area contributed by atoms with Crippen LogP contribution >= 0.6 is 7.87 Å². The Labute approximate surface area is 177 Å². The van der Waals surface area contributed by atoms with Gasteiger partial charge in [-0.1, -0.05) is 65.2 Å². The van der Waals surface area contributed by atoms with Gasteiger partial charge < -0.3 is 17.0 Å². The summed E-state index contributed by atoms with van der Waals surface area (Å²) in [6.45, 7) is 7.03. The molecule has 0 aromatic rings. The smallest absolute Gasteiger partial charge is 0.307 e. The molecule has 0 saturated carbocycles. The van der Waals surface area contributed by atoms with Crippen LogP contribution in [0.1, 0.15) is 78.1 Å². The molecule has 0 radical (unpaired) electrons. The van der Waals surface area contributed by atoms with E-state index < -0.39 is 7.87 Å². The monoisotopic (exact) mass is 454 g/mol. The fourth-order valence-electron chi connectivity index (χ4n) is 4.01. The van der Waals surface area contributed by atoms with Crippen molar-refractivity contribution in [1.82, 2.24) is 18.7 Å². The molecule has 160 valence electrons. The molecule has 0 unspecified atom stereocenters. The van der Waals surface area contributed by atoms with Gasteiger partial charge in [-0.25, -0.2) is 0 Å². The molecule has 0 aliphatic rings. The van der Waals surface area contributed by atoms with Crippen LogP contribution in [0.4, 0.5) is 0 Å². The van der Waals surface area contributed by atoms with E-state index in [1.165, 1.54) is 77.3 Å². The second kappa shape index (κ2) is 16.7. The normalized spacial score (nSPS) is 12.5. The van der Waals surface area contributed by atoms with E-state index in [9.17, 15) is 0 Å². The lowest BCUT2D eigenvalue weighted by molar-refractivity contribution is -0.00000589. The van der Waals surface area contributed by atoms with Crippen LogP contribution in [0.25, 0.3) is 0 Å². The molecule has 26 heavy (non-hydrogen) atoms. The Morgan fingerprint density at radius 1 is 0.500 bits per heavy atom. The second-order valence-corrected chi connectivity index (χ2v) is 11.9. The number of rotatable bonds is 16. The molecule has 0 N–H and O–H groups in total. The molecular formula is C20H48BrN4P. The lowest BCUT2D eigenvalue weighted by atomic mass is 10.1. The first-order chi connectivity index (χ1) is 11.8. The minimum Gasteiger partial charge on any atom is -1.00 e. The molecule has 0 bridgehead atoms. The maximum absolute atomic E-state index is 2.81. The third kappa shape index (κ3) is 9.30. The van der Waals surface area contributed by atoms with Crippen molar-refractivity contribution in [2.75, 3.05) is 55.4 Å². The van der Waals surface area contributed by atoms with Crippen molar-refractivity contribution in [2.45, 2.75) is 78.1 Å². The topological polar surface area (TPSA) is 13.0 Å². The van der Waals surface area contributed by atoms with Gasteiger partial charge in [-0.05, 0) is 12.8 Å². The lowest BCUT2D eigenvalue weighted by Gasteiger charge is -2.45. The van der Waals surface area contributed by atoms with Crippen molar-refractivity contribution in [3.8, 4) is 0 Å². The predicted molar refractivity (Wildman–Crippen MR) is 117 cm³/mol. The molecule has 0 aliphatic heterocycles. The summed E-state index contributed by atoms with van der Waals surface area (Å²) < 4.78 is 10.2. The van der Waals surface area contributed by atoms with E-state index in [2.05, 4.69) is 74.8 Å². The highest BCUT2D eigenvalue weighted by Gasteiger charge is 2.53. The average Bonchev–Trinajstić information content (AvgIpc) is 2.53. The van der Waals surface area contributed by atoms with Gasteiger partial charge in [-0.3, -0.25) is 0 Å². The Morgan fingerprint density at radius 3 is 1.08 bits per heavy atom. The van der Waals surface area contributed by atoms with Gasteiger partial charge in [-0.15, -0.1) is 18.7 Å². The highest BCUT2D eigenvalue weighted by Crippen LogP contribution is 2.66. The summed E-state index contributed by atoms with van der Waals surface area (Å²) >= 11 is 0. The van der Waals surface area contributed by atoms with Crippen molar-refractivity contribution in [1.29, 1.82) is 0 Å². The van der Waals surface area contributed by atoms with Gasteiger partial charge >= 0.3 is 7.87 Å². The highest BCUT2D eigenvalue weighted by atomic mass is 79.9. The van der Waals surface area contributed by atoms with Gasteiger partial charge in [-0.2, -0.15) is 0 Å². The zero-order chi connectivity index (χ0) is 19.3.